The van der Waals surface area contributed by atoms with Crippen LogP contribution in [0.2, 0.25) is 0 Å². The first-order chi connectivity index (χ1) is 31.0. The van der Waals surface area contributed by atoms with Crippen LogP contribution in [0.25, 0.3) is 44.4 Å². The van der Waals surface area contributed by atoms with Gasteiger partial charge in [-0.25, -0.2) is 23.1 Å². The molecule has 0 amide bonds. The zero-order chi connectivity index (χ0) is 47.3. The number of allylic oxidation sites excluding steroid dienone is 4. The molecule has 18 heteroatoms. The Balaban J connectivity index is 0.00000817. The second kappa shape index (κ2) is 22.0. The van der Waals surface area contributed by atoms with Gasteiger partial charge in [0, 0.05) is 25.7 Å². The number of halogens is 5. The van der Waals surface area contributed by atoms with Gasteiger partial charge in [0.15, 0.2) is 0 Å². The van der Waals surface area contributed by atoms with Crippen LogP contribution in [-0.2, 0) is 67.3 Å². The van der Waals surface area contributed by atoms with E-state index >= 15 is 0 Å². The molecule has 3 aromatic heterocycles. The molecule has 0 saturated heterocycles. The van der Waals surface area contributed by atoms with Gasteiger partial charge < -0.3 is 28.9 Å². The molecule has 352 valence electrons. The van der Waals surface area contributed by atoms with Crippen molar-refractivity contribution in [3.63, 3.8) is 0 Å². The monoisotopic (exact) mass is 1100 g/mol. The molecule has 6 rings (SSSR count). The molecule has 0 fully saturated rings. The van der Waals surface area contributed by atoms with E-state index in [0.717, 1.165) is 27.8 Å². The Morgan fingerprint density at radius 3 is 1.20 bits per heavy atom. The first-order valence-electron chi connectivity index (χ1n) is 21.2. The summed E-state index contributed by atoms with van der Waals surface area (Å²) in [7, 11) is 0. The van der Waals surface area contributed by atoms with Crippen LogP contribution >= 0.6 is 0 Å². The Morgan fingerprint density at radius 1 is 0.485 bits per heavy atom. The topological polar surface area (TPSA) is 159 Å². The average Bonchev–Trinajstić information content (AvgIpc) is 3.93. The second-order valence-electron chi connectivity index (χ2n) is 15.3. The maximum atomic E-state index is 14.5. The summed E-state index contributed by atoms with van der Waals surface area (Å²) in [5, 5.41) is 0. The average molecular weight is 1100 g/mol. The van der Waals surface area contributed by atoms with Crippen LogP contribution in [0.4, 0.5) is 22.0 Å². The molecule has 66 heavy (non-hydrogen) atoms. The molecule has 0 unspecified atom stereocenters. The molecule has 0 saturated carbocycles. The molecule has 5 heterocycles. The van der Waals surface area contributed by atoms with E-state index in [1.54, 1.807) is 45.9 Å². The van der Waals surface area contributed by atoms with Crippen LogP contribution in [0.3, 0.4) is 0 Å². The smallest absolute Gasteiger partial charge is 0.657 e. The third-order valence-electron chi connectivity index (χ3n) is 11.3. The van der Waals surface area contributed by atoms with Crippen LogP contribution in [0, 0.1) is 42.9 Å². The van der Waals surface area contributed by atoms with Crippen molar-refractivity contribution in [3.05, 3.63) is 98.4 Å². The first-order valence-corrected chi connectivity index (χ1v) is 21.2. The number of aromatic nitrogens is 4. The second-order valence-corrected chi connectivity index (χ2v) is 15.3. The molecule has 8 bridgehead atoms. The molecule has 0 radical (unpaired) electrons. The van der Waals surface area contributed by atoms with Gasteiger partial charge in [0.1, 0.15) is 0 Å². The molecular weight excluding hydrogens is 1050 g/mol. The van der Waals surface area contributed by atoms with Crippen molar-refractivity contribution in [2.24, 2.45) is 0 Å². The van der Waals surface area contributed by atoms with E-state index < -0.39 is 59.2 Å². The minimum atomic E-state index is -2.39. The number of benzene rings is 1. The number of aryl methyl sites for hydroxylation is 4. The first kappa shape index (κ1) is 51.0. The van der Waals surface area contributed by atoms with Gasteiger partial charge in [0.2, 0.25) is 34.8 Å². The van der Waals surface area contributed by atoms with Crippen LogP contribution < -0.4 is 14.7 Å². The molecule has 2 aliphatic rings. The third-order valence-corrected chi connectivity index (χ3v) is 11.3. The number of nitrogens with zero attached hydrogens (tertiary/aromatic N) is 4. The zero-order valence-electron chi connectivity index (χ0n) is 37.3. The Hall–Kier alpha value is -5.96. The Bertz CT molecular complexity index is 2800. The van der Waals surface area contributed by atoms with Crippen LogP contribution in [0.1, 0.15) is 118 Å². The van der Waals surface area contributed by atoms with Crippen molar-refractivity contribution < 1.29 is 81.1 Å². The van der Waals surface area contributed by atoms with Gasteiger partial charge in [-0.2, -0.15) is 8.78 Å². The maximum absolute atomic E-state index is 14.5. The molecule has 0 spiro atoms. The fourth-order valence-electron chi connectivity index (χ4n) is 7.78. The summed E-state index contributed by atoms with van der Waals surface area (Å²) in [4.78, 5) is 70.8. The normalized spacial score (nSPS) is 12.3. The molecule has 0 aliphatic carbocycles. The number of esters is 4. The van der Waals surface area contributed by atoms with E-state index in [9.17, 15) is 41.1 Å². The SMILES string of the molecule is CCOC(=O)CCC1=C(C)c2cc3[n-]c(cc4nc(cc5[n-]c(cc1n2)c(C)c5CCC(=O)OCC)C(C)=C4CCC(=O)OCC)c(C)c3CCC(=O)Oc1c(F)c(F)c(F)c(F)c1F.[Pt+2]. The predicted molar refractivity (Wildman–Crippen MR) is 230 cm³/mol. The van der Waals surface area contributed by atoms with Crippen molar-refractivity contribution in [1.82, 2.24) is 19.9 Å². The fraction of sp³-hybridized carbons (Fsp3) is 0.375. The summed E-state index contributed by atoms with van der Waals surface area (Å²) < 4.78 is 90.9. The van der Waals surface area contributed by atoms with Crippen molar-refractivity contribution in [3.8, 4) is 5.75 Å². The number of hydrogen-bond donors (Lipinski definition) is 0. The minimum Gasteiger partial charge on any atom is -0.657 e. The van der Waals surface area contributed by atoms with Crippen LogP contribution in [-0.4, -0.2) is 53.7 Å². The fourth-order valence-corrected chi connectivity index (χ4v) is 7.78. The van der Waals surface area contributed by atoms with Crippen LogP contribution in [0.15, 0.2) is 24.3 Å². The van der Waals surface area contributed by atoms with Gasteiger partial charge in [-0.3, -0.25) is 19.2 Å². The van der Waals surface area contributed by atoms with E-state index in [0.29, 0.717) is 68.0 Å². The van der Waals surface area contributed by atoms with E-state index in [-0.39, 0.29) is 85.4 Å². The third kappa shape index (κ3) is 11.0. The molecule has 0 N–H and O–H groups in total. The predicted octanol–water partition coefficient (Wildman–Crippen LogP) is 9.46. The van der Waals surface area contributed by atoms with E-state index in [1.807, 2.05) is 26.8 Å². The summed E-state index contributed by atoms with van der Waals surface area (Å²) in [6.07, 6.45) is 0.278. The molecular formula is C48H47F5N4O8Pt. The molecule has 1 aromatic carbocycles. The van der Waals surface area contributed by atoms with Crippen LogP contribution in [0.5, 0.6) is 5.75 Å². The Morgan fingerprint density at radius 2 is 0.818 bits per heavy atom. The number of carbonyl (C=O) groups excluding carboxylic acids is 4. The Kier molecular flexibility index (Phi) is 17.0. The molecule has 2 aliphatic heterocycles. The van der Waals surface area contributed by atoms with Crippen molar-refractivity contribution in [2.45, 2.75) is 99.8 Å². The van der Waals surface area contributed by atoms with Crippen molar-refractivity contribution in [2.75, 3.05) is 19.8 Å². The summed E-state index contributed by atoms with van der Waals surface area (Å²) >= 11 is 0. The quantitative estimate of drug-likeness (QED) is 0.0262. The Labute approximate surface area is 391 Å². The molecule has 4 aromatic rings. The van der Waals surface area contributed by atoms with Gasteiger partial charge in [-0.1, -0.05) is 46.5 Å². The summed E-state index contributed by atoms with van der Waals surface area (Å²) in [6.45, 7) is 13.1. The van der Waals surface area contributed by atoms with Gasteiger partial charge in [0.25, 0.3) is 0 Å². The van der Waals surface area contributed by atoms with Gasteiger partial charge in [-0.15, -0.1) is 22.1 Å². The van der Waals surface area contributed by atoms with Crippen molar-refractivity contribution >= 4 is 68.2 Å². The number of carbonyl (C=O) groups is 4. The minimum absolute atomic E-state index is 0. The summed E-state index contributed by atoms with van der Waals surface area (Å²) in [5.74, 6) is -15.7. The number of ether oxygens (including phenoxy) is 4. The molecule has 0 atom stereocenters. The zero-order valence-corrected chi connectivity index (χ0v) is 39.6. The largest absolute Gasteiger partial charge is 2.00 e. The summed E-state index contributed by atoms with van der Waals surface area (Å²) in [5.41, 5.74) is 9.33. The van der Waals surface area contributed by atoms with Crippen molar-refractivity contribution in [1.29, 1.82) is 0 Å². The van der Waals surface area contributed by atoms with Gasteiger partial charge in [0.05, 0.1) is 42.6 Å². The number of rotatable bonds is 16. The van der Waals surface area contributed by atoms with E-state index in [2.05, 4.69) is 0 Å². The number of fused-ring (bicyclic) bond motifs is 8. The van der Waals surface area contributed by atoms with Gasteiger partial charge >= 0.3 is 44.9 Å². The van der Waals surface area contributed by atoms with E-state index in [4.69, 9.17) is 38.9 Å². The van der Waals surface area contributed by atoms with Gasteiger partial charge in [-0.05, 0) is 96.4 Å². The maximum Gasteiger partial charge on any atom is 2.00 e. The summed E-state index contributed by atoms with van der Waals surface area (Å²) in [6, 6.07) is 7.04. The van der Waals surface area contributed by atoms with E-state index in [1.165, 1.54) is 0 Å². The standard InChI is InChI=1S/C48H47F5N4O8.Pt/c1-8-62-39(58)15-11-27-23(4)31-20-36-29(13-17-41(60)64-10-3)25(6)33(56-36)22-38-30(14-18-42(61)65-48-46(52)44(50)43(49)45(51)47(48)53)26(7)34(57-38)21-37-28(12-16-40(59)63-9-2)24(5)32(55-37)19-35(27)54-31;/h19-22H,8-18H2,1-7H3;/q-2;+2. The molecule has 12 nitrogen and oxygen atoms in total. The number of hydrogen-bond acceptors (Lipinski definition) is 10.